The number of amides is 1. The number of aromatic nitrogens is 3. The number of ether oxygens (including phenoxy) is 1. The maximum Gasteiger partial charge on any atom is 0.223 e. The van der Waals surface area contributed by atoms with Crippen molar-refractivity contribution < 1.29 is 14.1 Å². The summed E-state index contributed by atoms with van der Waals surface area (Å²) in [4.78, 5) is 22.9. The van der Waals surface area contributed by atoms with E-state index in [1.165, 1.54) is 0 Å². The molecule has 2 aromatic heterocycles. The number of morpholine rings is 1. The Morgan fingerprint density at radius 3 is 2.85 bits per heavy atom. The smallest absolute Gasteiger partial charge is 0.223 e. The van der Waals surface area contributed by atoms with Gasteiger partial charge in [0.15, 0.2) is 0 Å². The summed E-state index contributed by atoms with van der Waals surface area (Å²) in [7, 11) is 0. The van der Waals surface area contributed by atoms with Crippen molar-refractivity contribution in [3.8, 4) is 0 Å². The number of carbonyl (C=O) groups is 1. The van der Waals surface area contributed by atoms with Crippen LogP contribution in [0.2, 0.25) is 0 Å². The van der Waals surface area contributed by atoms with Crippen LogP contribution in [-0.4, -0.2) is 51.7 Å². The first-order valence-corrected chi connectivity index (χ1v) is 9.11. The van der Waals surface area contributed by atoms with Crippen molar-refractivity contribution in [2.75, 3.05) is 19.7 Å². The van der Waals surface area contributed by atoms with Gasteiger partial charge in [-0.2, -0.15) is 0 Å². The second-order valence-corrected chi connectivity index (χ2v) is 6.82. The van der Waals surface area contributed by atoms with Gasteiger partial charge in [-0.05, 0) is 46.1 Å². The van der Waals surface area contributed by atoms with E-state index in [9.17, 15) is 4.79 Å². The molecule has 7 nitrogen and oxygen atoms in total. The molecule has 3 heterocycles. The van der Waals surface area contributed by atoms with Crippen LogP contribution in [0.25, 0.3) is 0 Å². The predicted octanol–water partition coefficient (Wildman–Crippen LogP) is 2.18. The van der Waals surface area contributed by atoms with Gasteiger partial charge in [-0.15, -0.1) is 0 Å². The fourth-order valence-electron chi connectivity index (χ4n) is 3.32. The molecule has 0 aromatic carbocycles. The van der Waals surface area contributed by atoms with E-state index in [0.29, 0.717) is 32.5 Å². The summed E-state index contributed by atoms with van der Waals surface area (Å²) in [6, 6.07) is 2.00. The number of hydrogen-bond acceptors (Lipinski definition) is 6. The van der Waals surface area contributed by atoms with Crippen LogP contribution in [0.5, 0.6) is 0 Å². The number of aryl methyl sites for hydroxylation is 4. The second kappa shape index (κ2) is 8.40. The Balaban J connectivity index is 1.48. The topological polar surface area (TPSA) is 81.4 Å². The lowest BCUT2D eigenvalue weighted by atomic mass is 10.1. The molecule has 3 rings (SSSR count). The Hall–Kier alpha value is -2.28. The fraction of sp³-hybridized carbons (Fsp3) is 0.579. The summed E-state index contributed by atoms with van der Waals surface area (Å²) in [5.74, 6) is 0.964. The fourth-order valence-corrected chi connectivity index (χ4v) is 3.32. The summed E-state index contributed by atoms with van der Waals surface area (Å²) >= 11 is 0. The van der Waals surface area contributed by atoms with Gasteiger partial charge in [-0.25, -0.2) is 9.97 Å². The zero-order valence-electron chi connectivity index (χ0n) is 15.7. The molecule has 0 saturated carbocycles. The predicted molar refractivity (Wildman–Crippen MR) is 95.7 cm³/mol. The van der Waals surface area contributed by atoms with Gasteiger partial charge in [0.1, 0.15) is 12.1 Å². The SMILES string of the molecule is Cc1cc(CC[C@H]2CN(C(=O)CCc3c(C)noc3C)CCO2)ncn1. The standard InChI is InChI=1S/C19H26N4O3/c1-13-10-16(21-12-20-13)4-5-17-11-23(8-9-25-17)19(24)7-6-18-14(2)22-26-15(18)3/h10,12,17H,4-9,11H2,1-3H3/t17-/m0/s1. The number of rotatable bonds is 6. The zero-order chi connectivity index (χ0) is 18.5. The molecule has 140 valence electrons. The molecule has 26 heavy (non-hydrogen) atoms. The lowest BCUT2D eigenvalue weighted by Gasteiger charge is -2.33. The molecule has 0 spiro atoms. The van der Waals surface area contributed by atoms with Crippen LogP contribution in [0.15, 0.2) is 16.9 Å². The Labute approximate surface area is 153 Å². The highest BCUT2D eigenvalue weighted by molar-refractivity contribution is 5.76. The Morgan fingerprint density at radius 2 is 2.12 bits per heavy atom. The lowest BCUT2D eigenvalue weighted by Crippen LogP contribution is -2.45. The molecule has 1 aliphatic rings. The third kappa shape index (κ3) is 4.66. The highest BCUT2D eigenvalue weighted by Gasteiger charge is 2.24. The molecule has 0 bridgehead atoms. The van der Waals surface area contributed by atoms with Gasteiger partial charge in [-0.1, -0.05) is 5.16 Å². The van der Waals surface area contributed by atoms with E-state index in [4.69, 9.17) is 9.26 Å². The second-order valence-electron chi connectivity index (χ2n) is 6.82. The molecule has 2 aromatic rings. The largest absolute Gasteiger partial charge is 0.375 e. The summed E-state index contributed by atoms with van der Waals surface area (Å²) < 4.78 is 11.0. The molecule has 1 saturated heterocycles. The first-order chi connectivity index (χ1) is 12.5. The van der Waals surface area contributed by atoms with E-state index in [2.05, 4.69) is 15.1 Å². The van der Waals surface area contributed by atoms with Crippen molar-refractivity contribution in [1.82, 2.24) is 20.0 Å². The molecule has 0 N–H and O–H groups in total. The first-order valence-electron chi connectivity index (χ1n) is 9.11. The molecule has 0 radical (unpaired) electrons. The lowest BCUT2D eigenvalue weighted by molar-refractivity contribution is -0.138. The van der Waals surface area contributed by atoms with E-state index in [1.807, 2.05) is 31.7 Å². The highest BCUT2D eigenvalue weighted by atomic mass is 16.5. The average Bonchev–Trinajstić information content (AvgIpc) is 2.96. The molecule has 1 fully saturated rings. The normalized spacial score (nSPS) is 17.5. The number of hydrogen-bond donors (Lipinski definition) is 0. The Morgan fingerprint density at radius 1 is 1.27 bits per heavy atom. The van der Waals surface area contributed by atoms with Crippen LogP contribution in [0, 0.1) is 20.8 Å². The van der Waals surface area contributed by atoms with Gasteiger partial charge in [0.25, 0.3) is 0 Å². The molecule has 1 aliphatic heterocycles. The van der Waals surface area contributed by atoms with Crippen molar-refractivity contribution >= 4 is 5.91 Å². The van der Waals surface area contributed by atoms with Gasteiger partial charge in [-0.3, -0.25) is 4.79 Å². The van der Waals surface area contributed by atoms with Gasteiger partial charge in [0, 0.05) is 36.5 Å². The van der Waals surface area contributed by atoms with E-state index >= 15 is 0 Å². The monoisotopic (exact) mass is 358 g/mol. The van der Waals surface area contributed by atoms with Crippen molar-refractivity contribution in [3.63, 3.8) is 0 Å². The Bertz CT molecular complexity index is 739. The van der Waals surface area contributed by atoms with Crippen LogP contribution in [0.1, 0.15) is 41.2 Å². The number of nitrogens with zero attached hydrogens (tertiary/aromatic N) is 4. The van der Waals surface area contributed by atoms with E-state index in [-0.39, 0.29) is 12.0 Å². The maximum atomic E-state index is 12.6. The third-order valence-electron chi connectivity index (χ3n) is 4.84. The van der Waals surface area contributed by atoms with Crippen LogP contribution in [-0.2, 0) is 22.4 Å². The van der Waals surface area contributed by atoms with E-state index in [0.717, 1.165) is 41.2 Å². The molecular weight excluding hydrogens is 332 g/mol. The van der Waals surface area contributed by atoms with Gasteiger partial charge >= 0.3 is 0 Å². The minimum atomic E-state index is 0.0574. The number of carbonyl (C=O) groups excluding carboxylic acids is 1. The first kappa shape index (κ1) is 18.5. The molecule has 0 aliphatic carbocycles. The minimum Gasteiger partial charge on any atom is -0.375 e. The molecule has 1 amide bonds. The quantitative estimate of drug-likeness (QED) is 0.787. The zero-order valence-corrected chi connectivity index (χ0v) is 15.7. The maximum absolute atomic E-state index is 12.6. The van der Waals surface area contributed by atoms with Crippen LogP contribution in [0.4, 0.5) is 0 Å². The van der Waals surface area contributed by atoms with E-state index in [1.54, 1.807) is 6.33 Å². The Kier molecular flexibility index (Phi) is 5.98. The van der Waals surface area contributed by atoms with Crippen LogP contribution >= 0.6 is 0 Å². The minimum absolute atomic E-state index is 0.0574. The average molecular weight is 358 g/mol. The van der Waals surface area contributed by atoms with Gasteiger partial charge < -0.3 is 14.2 Å². The molecule has 0 unspecified atom stereocenters. The molecule has 7 heteroatoms. The molecule has 1 atom stereocenters. The van der Waals surface area contributed by atoms with Gasteiger partial charge in [0.2, 0.25) is 5.91 Å². The third-order valence-corrected chi connectivity index (χ3v) is 4.84. The summed E-state index contributed by atoms with van der Waals surface area (Å²) in [5, 5.41) is 3.95. The van der Waals surface area contributed by atoms with Gasteiger partial charge in [0.05, 0.1) is 18.4 Å². The molecular formula is C19H26N4O3. The summed E-state index contributed by atoms with van der Waals surface area (Å²) in [6.07, 6.45) is 4.47. The van der Waals surface area contributed by atoms with Crippen molar-refractivity contribution in [2.45, 2.75) is 52.6 Å². The van der Waals surface area contributed by atoms with Crippen molar-refractivity contribution in [1.29, 1.82) is 0 Å². The highest BCUT2D eigenvalue weighted by Crippen LogP contribution is 2.17. The van der Waals surface area contributed by atoms with Crippen molar-refractivity contribution in [3.05, 3.63) is 40.8 Å². The van der Waals surface area contributed by atoms with E-state index < -0.39 is 0 Å². The summed E-state index contributed by atoms with van der Waals surface area (Å²) in [5.41, 5.74) is 3.90. The van der Waals surface area contributed by atoms with Crippen LogP contribution < -0.4 is 0 Å². The van der Waals surface area contributed by atoms with Crippen molar-refractivity contribution in [2.24, 2.45) is 0 Å². The van der Waals surface area contributed by atoms with Crippen LogP contribution in [0.3, 0.4) is 0 Å². The summed E-state index contributed by atoms with van der Waals surface area (Å²) in [6.45, 7) is 7.65.